The molecule has 270 valence electrons. The number of thiophene rings is 1. The van der Waals surface area contributed by atoms with Crippen molar-refractivity contribution >= 4 is 81.1 Å². The van der Waals surface area contributed by atoms with E-state index in [9.17, 15) is 0 Å². The quantitative estimate of drug-likeness (QED) is 0.164. The standard InChI is InChI=1S/C54H38N2S/c1-35-10-9-12-44(31-35)56-50-16-7-5-14-46(50)48-33-39(22-28-51(48)56)37-18-24-42(25-19-37)55(52-32-36(2)30-41-11-3-4-13-45(41)52)43-26-20-38(21-27-43)40-23-29-54-49(34-40)47-15-6-8-17-53(47)57-54/h3-34H,1-2H3. The Morgan fingerprint density at radius 2 is 0.982 bits per heavy atom. The first-order valence-corrected chi connectivity index (χ1v) is 20.4. The van der Waals surface area contributed by atoms with Crippen molar-refractivity contribution in [3.8, 4) is 27.9 Å². The van der Waals surface area contributed by atoms with Gasteiger partial charge in [0.15, 0.2) is 0 Å². The lowest BCUT2D eigenvalue weighted by atomic mass is 10.00. The lowest BCUT2D eigenvalue weighted by Crippen LogP contribution is -2.10. The van der Waals surface area contributed by atoms with Crippen LogP contribution in [0.1, 0.15) is 11.1 Å². The molecule has 0 fully saturated rings. The second kappa shape index (κ2) is 13.4. The van der Waals surface area contributed by atoms with Gasteiger partial charge in [0.1, 0.15) is 0 Å². The van der Waals surface area contributed by atoms with Crippen molar-refractivity contribution in [1.29, 1.82) is 0 Å². The third-order valence-corrected chi connectivity index (χ3v) is 12.6. The Hall–Kier alpha value is -6.94. The maximum atomic E-state index is 2.41. The van der Waals surface area contributed by atoms with Crippen LogP contribution < -0.4 is 4.90 Å². The molecular weight excluding hydrogens is 709 g/mol. The molecular formula is C54H38N2S. The zero-order valence-corrected chi connectivity index (χ0v) is 32.6. The fourth-order valence-electron chi connectivity index (χ4n) is 8.76. The first-order chi connectivity index (χ1) is 28.1. The van der Waals surface area contributed by atoms with Crippen molar-refractivity contribution in [2.24, 2.45) is 0 Å². The van der Waals surface area contributed by atoms with Crippen molar-refractivity contribution in [2.45, 2.75) is 13.8 Å². The molecule has 0 N–H and O–H groups in total. The van der Waals surface area contributed by atoms with Crippen LogP contribution >= 0.6 is 11.3 Å². The van der Waals surface area contributed by atoms with Gasteiger partial charge in [-0.25, -0.2) is 0 Å². The van der Waals surface area contributed by atoms with Gasteiger partial charge < -0.3 is 9.47 Å². The normalized spacial score (nSPS) is 11.7. The molecule has 0 aliphatic carbocycles. The lowest BCUT2D eigenvalue weighted by molar-refractivity contribution is 1.17. The number of hydrogen-bond acceptors (Lipinski definition) is 2. The van der Waals surface area contributed by atoms with Crippen molar-refractivity contribution in [1.82, 2.24) is 4.57 Å². The van der Waals surface area contributed by atoms with Crippen LogP contribution in [0.4, 0.5) is 17.1 Å². The third-order valence-electron chi connectivity index (χ3n) is 11.5. The van der Waals surface area contributed by atoms with E-state index in [2.05, 4.69) is 217 Å². The Morgan fingerprint density at radius 3 is 1.74 bits per heavy atom. The molecule has 0 saturated heterocycles. The van der Waals surface area contributed by atoms with E-state index >= 15 is 0 Å². The largest absolute Gasteiger partial charge is 0.310 e. The predicted molar refractivity (Wildman–Crippen MR) is 246 cm³/mol. The van der Waals surface area contributed by atoms with E-state index in [-0.39, 0.29) is 0 Å². The van der Waals surface area contributed by atoms with E-state index in [4.69, 9.17) is 0 Å². The second-order valence-electron chi connectivity index (χ2n) is 15.2. The molecule has 11 rings (SSSR count). The van der Waals surface area contributed by atoms with Gasteiger partial charge in [0.25, 0.3) is 0 Å². The monoisotopic (exact) mass is 746 g/mol. The minimum atomic E-state index is 1.12. The van der Waals surface area contributed by atoms with Gasteiger partial charge in [0.05, 0.1) is 16.7 Å². The minimum absolute atomic E-state index is 1.12. The summed E-state index contributed by atoms with van der Waals surface area (Å²) in [5.41, 5.74) is 14.3. The molecule has 0 amide bonds. The summed E-state index contributed by atoms with van der Waals surface area (Å²) in [6.45, 7) is 4.35. The first-order valence-electron chi connectivity index (χ1n) is 19.6. The molecule has 3 heteroatoms. The SMILES string of the molecule is Cc1cccc(-n2c3ccccc3c3cc(-c4ccc(N(c5ccc(-c6ccc7sc8ccccc8c7c6)cc5)c5cc(C)cc6ccccc56)cc4)ccc32)c1. The molecule has 57 heavy (non-hydrogen) atoms. The van der Waals surface area contributed by atoms with Crippen LogP contribution in [0.2, 0.25) is 0 Å². The average Bonchev–Trinajstić information content (AvgIpc) is 3.79. The molecule has 0 unspecified atom stereocenters. The van der Waals surface area contributed by atoms with Gasteiger partial charge in [0.2, 0.25) is 0 Å². The second-order valence-corrected chi connectivity index (χ2v) is 16.3. The maximum absolute atomic E-state index is 2.41. The molecule has 0 bridgehead atoms. The number of benzene rings is 9. The van der Waals surface area contributed by atoms with Gasteiger partial charge in [-0.2, -0.15) is 0 Å². The van der Waals surface area contributed by atoms with Gasteiger partial charge in [0, 0.05) is 53.4 Å². The first kappa shape index (κ1) is 33.4. The van der Waals surface area contributed by atoms with Gasteiger partial charge in [-0.3, -0.25) is 0 Å². The smallest absolute Gasteiger partial charge is 0.0542 e. The molecule has 0 spiro atoms. The summed E-state index contributed by atoms with van der Waals surface area (Å²) in [4.78, 5) is 2.41. The van der Waals surface area contributed by atoms with Gasteiger partial charge in [-0.05, 0) is 131 Å². The fourth-order valence-corrected chi connectivity index (χ4v) is 9.84. The van der Waals surface area contributed by atoms with Crippen LogP contribution in [-0.2, 0) is 0 Å². The number of nitrogens with zero attached hydrogens (tertiary/aromatic N) is 2. The summed E-state index contributed by atoms with van der Waals surface area (Å²) in [5, 5.41) is 7.62. The number of para-hydroxylation sites is 1. The number of rotatable bonds is 6. The van der Waals surface area contributed by atoms with E-state index in [1.807, 2.05) is 11.3 Å². The van der Waals surface area contributed by atoms with Crippen molar-refractivity contribution in [3.63, 3.8) is 0 Å². The number of hydrogen-bond donors (Lipinski definition) is 0. The maximum Gasteiger partial charge on any atom is 0.0542 e. The highest BCUT2D eigenvalue weighted by molar-refractivity contribution is 7.25. The van der Waals surface area contributed by atoms with Crippen LogP contribution in [0.5, 0.6) is 0 Å². The topological polar surface area (TPSA) is 8.17 Å². The molecule has 0 radical (unpaired) electrons. The summed E-state index contributed by atoms with van der Waals surface area (Å²) in [7, 11) is 0. The zero-order chi connectivity index (χ0) is 38.0. The summed E-state index contributed by atoms with van der Waals surface area (Å²) in [6.07, 6.45) is 0. The van der Waals surface area contributed by atoms with Gasteiger partial charge in [-0.15, -0.1) is 11.3 Å². The molecule has 0 atom stereocenters. The Balaban J connectivity index is 1.00. The lowest BCUT2D eigenvalue weighted by Gasteiger charge is -2.28. The average molecular weight is 747 g/mol. The van der Waals surface area contributed by atoms with Crippen LogP contribution in [0.15, 0.2) is 194 Å². The van der Waals surface area contributed by atoms with Crippen LogP contribution in [0, 0.1) is 13.8 Å². The molecule has 0 aliphatic heterocycles. The summed E-state index contributed by atoms with van der Waals surface area (Å²) in [5.74, 6) is 0. The molecule has 9 aromatic carbocycles. The van der Waals surface area contributed by atoms with Crippen molar-refractivity contribution < 1.29 is 0 Å². The molecule has 2 heterocycles. The molecule has 11 aromatic rings. The number of fused-ring (bicyclic) bond motifs is 7. The Kier molecular flexibility index (Phi) is 7.84. The van der Waals surface area contributed by atoms with Crippen LogP contribution in [0.25, 0.3) is 80.7 Å². The number of aryl methyl sites for hydroxylation is 2. The van der Waals surface area contributed by atoms with Crippen molar-refractivity contribution in [2.75, 3.05) is 4.90 Å². The van der Waals surface area contributed by atoms with E-state index in [1.54, 1.807) is 0 Å². The van der Waals surface area contributed by atoms with Crippen molar-refractivity contribution in [3.05, 3.63) is 205 Å². The van der Waals surface area contributed by atoms with E-state index in [1.165, 1.54) is 97.5 Å². The highest BCUT2D eigenvalue weighted by atomic mass is 32.1. The van der Waals surface area contributed by atoms with Crippen LogP contribution in [0.3, 0.4) is 0 Å². The van der Waals surface area contributed by atoms with Crippen LogP contribution in [-0.4, -0.2) is 4.57 Å². The van der Waals surface area contributed by atoms with E-state index in [0.29, 0.717) is 0 Å². The summed E-state index contributed by atoms with van der Waals surface area (Å²) < 4.78 is 5.05. The molecule has 0 saturated carbocycles. The number of anilines is 3. The Labute approximate surface area is 336 Å². The van der Waals surface area contributed by atoms with E-state index < -0.39 is 0 Å². The highest BCUT2D eigenvalue weighted by Gasteiger charge is 2.18. The highest BCUT2D eigenvalue weighted by Crippen LogP contribution is 2.42. The Morgan fingerprint density at radius 1 is 0.386 bits per heavy atom. The summed E-state index contributed by atoms with van der Waals surface area (Å²) >= 11 is 1.86. The molecule has 2 aromatic heterocycles. The minimum Gasteiger partial charge on any atom is -0.310 e. The van der Waals surface area contributed by atoms with Gasteiger partial charge >= 0.3 is 0 Å². The predicted octanol–water partition coefficient (Wildman–Crippen LogP) is 15.7. The number of aromatic nitrogens is 1. The zero-order valence-electron chi connectivity index (χ0n) is 31.8. The van der Waals surface area contributed by atoms with E-state index in [0.717, 1.165) is 11.4 Å². The summed E-state index contributed by atoms with van der Waals surface area (Å²) in [6, 6.07) is 71.5. The fraction of sp³-hybridized carbons (Fsp3) is 0.0370. The Bertz CT molecular complexity index is 3310. The molecule has 0 aliphatic rings. The molecule has 2 nitrogen and oxygen atoms in total. The van der Waals surface area contributed by atoms with Gasteiger partial charge in [-0.1, -0.05) is 115 Å². The third kappa shape index (κ3) is 5.70.